The van der Waals surface area contributed by atoms with Crippen molar-refractivity contribution in [3.05, 3.63) is 0 Å². The van der Waals surface area contributed by atoms with Crippen LogP contribution in [-0.2, 0) is 0 Å². The monoisotopic (exact) mass is 116 g/mol. The molecule has 0 amide bonds. The summed E-state index contributed by atoms with van der Waals surface area (Å²) in [6.45, 7) is 5.47. The van der Waals surface area contributed by atoms with E-state index < -0.39 is 0 Å². The molecule has 0 spiro atoms. The summed E-state index contributed by atoms with van der Waals surface area (Å²) < 4.78 is 0. The fourth-order valence-corrected chi connectivity index (χ4v) is 1.06. The fourth-order valence-electron chi connectivity index (χ4n) is 0.547. The van der Waals surface area contributed by atoms with Crippen LogP contribution in [0, 0.1) is 0 Å². The second-order valence-corrected chi connectivity index (χ2v) is 2.23. The Hall–Kier alpha value is 0.415. The van der Waals surface area contributed by atoms with E-state index in [1.165, 1.54) is 12.8 Å². The minimum Gasteiger partial charge on any atom is -0.231 e. The summed E-state index contributed by atoms with van der Waals surface area (Å²) in [7, 11) is 0. The Morgan fingerprint density at radius 1 is 1.43 bits per heavy atom. The summed E-state index contributed by atoms with van der Waals surface area (Å²) in [5, 5.41) is 0. The summed E-state index contributed by atoms with van der Waals surface area (Å²) >= 11 is 4.18. The van der Waals surface area contributed by atoms with Crippen LogP contribution in [0.2, 0.25) is 5.82 Å². The van der Waals surface area contributed by atoms with Crippen molar-refractivity contribution >= 4 is 19.0 Å². The van der Waals surface area contributed by atoms with E-state index in [2.05, 4.69) is 26.3 Å². The molecule has 0 aliphatic carbocycles. The SMILES string of the molecule is CCC(BS)CC. The van der Waals surface area contributed by atoms with Gasteiger partial charge in [-0.15, -0.1) is 0 Å². The van der Waals surface area contributed by atoms with Crippen LogP contribution in [0.25, 0.3) is 0 Å². The van der Waals surface area contributed by atoms with Crippen molar-refractivity contribution in [2.45, 2.75) is 32.5 Å². The maximum absolute atomic E-state index is 4.18. The average molecular weight is 116 g/mol. The summed E-state index contributed by atoms with van der Waals surface area (Å²) in [4.78, 5) is 0. The zero-order chi connectivity index (χ0) is 5.70. The largest absolute Gasteiger partial charge is 0.231 e. The third kappa shape index (κ3) is 3.04. The number of thiol groups is 1. The van der Waals surface area contributed by atoms with Gasteiger partial charge < -0.3 is 0 Å². The number of hydrogen-bond donors (Lipinski definition) is 1. The molecule has 7 heavy (non-hydrogen) atoms. The lowest BCUT2D eigenvalue weighted by molar-refractivity contribution is 0.766. The molecule has 0 saturated carbocycles. The molecular formula is C5H13BS. The van der Waals surface area contributed by atoms with Crippen LogP contribution in [0.3, 0.4) is 0 Å². The van der Waals surface area contributed by atoms with Gasteiger partial charge in [-0.1, -0.05) is 32.5 Å². The van der Waals surface area contributed by atoms with Gasteiger partial charge in [0, 0.05) is 0 Å². The van der Waals surface area contributed by atoms with Gasteiger partial charge in [-0.2, -0.15) is 0 Å². The molecule has 0 nitrogen and oxygen atoms in total. The highest BCUT2D eigenvalue weighted by atomic mass is 32.1. The van der Waals surface area contributed by atoms with Crippen molar-refractivity contribution in [3.63, 3.8) is 0 Å². The molecular weight excluding hydrogens is 103 g/mol. The molecule has 0 heterocycles. The Morgan fingerprint density at radius 2 is 1.86 bits per heavy atom. The predicted octanol–water partition coefficient (Wildman–Crippen LogP) is 1.88. The second-order valence-electron chi connectivity index (χ2n) is 1.87. The highest BCUT2D eigenvalue weighted by Crippen LogP contribution is 2.12. The van der Waals surface area contributed by atoms with Gasteiger partial charge in [0.15, 0.2) is 6.56 Å². The molecule has 0 aliphatic heterocycles. The van der Waals surface area contributed by atoms with E-state index in [1.54, 1.807) is 0 Å². The molecule has 2 heteroatoms. The van der Waals surface area contributed by atoms with E-state index in [0.29, 0.717) is 0 Å². The third-order valence-electron chi connectivity index (χ3n) is 1.41. The summed E-state index contributed by atoms with van der Waals surface area (Å²) in [5.41, 5.74) is 0. The Labute approximate surface area is 52.2 Å². The van der Waals surface area contributed by atoms with Crippen molar-refractivity contribution in [1.82, 2.24) is 0 Å². The van der Waals surface area contributed by atoms with E-state index in [9.17, 15) is 0 Å². The van der Waals surface area contributed by atoms with Crippen LogP contribution in [0.15, 0.2) is 0 Å². The lowest BCUT2D eigenvalue weighted by Gasteiger charge is -2.03. The van der Waals surface area contributed by atoms with Gasteiger partial charge in [-0.05, 0) is 0 Å². The summed E-state index contributed by atoms with van der Waals surface area (Å²) in [6.07, 6.45) is 2.56. The van der Waals surface area contributed by atoms with Crippen LogP contribution < -0.4 is 0 Å². The maximum atomic E-state index is 4.18. The standard InChI is InChI=1S/C5H13BS/c1-3-5(4-2)6-7/h5-7H,3-4H2,1-2H3. The molecule has 0 aliphatic rings. The molecule has 0 bridgehead atoms. The molecule has 0 N–H and O–H groups in total. The highest BCUT2D eigenvalue weighted by molar-refractivity contribution is 8.07. The smallest absolute Gasteiger partial charge is 0.190 e. The van der Waals surface area contributed by atoms with E-state index in [1.807, 2.05) is 0 Å². The van der Waals surface area contributed by atoms with E-state index in [4.69, 9.17) is 0 Å². The molecule has 0 aromatic heterocycles. The molecule has 0 radical (unpaired) electrons. The quantitative estimate of drug-likeness (QED) is 0.422. The average Bonchev–Trinajstić information content (AvgIpc) is 1.72. The lowest BCUT2D eigenvalue weighted by atomic mass is 9.81. The maximum Gasteiger partial charge on any atom is 0.190 e. The third-order valence-corrected chi connectivity index (χ3v) is 1.93. The van der Waals surface area contributed by atoms with Crippen molar-refractivity contribution in [3.8, 4) is 0 Å². The lowest BCUT2D eigenvalue weighted by Crippen LogP contribution is -1.92. The normalized spacial score (nSPS) is 9.71. The van der Waals surface area contributed by atoms with Crippen LogP contribution in [0.5, 0.6) is 0 Å². The zero-order valence-corrected chi connectivity index (χ0v) is 6.04. The number of hydrogen-bond acceptors (Lipinski definition) is 1. The van der Waals surface area contributed by atoms with E-state index in [0.717, 1.165) is 12.4 Å². The van der Waals surface area contributed by atoms with Gasteiger partial charge in [-0.3, -0.25) is 0 Å². The number of rotatable bonds is 3. The Morgan fingerprint density at radius 3 is 1.86 bits per heavy atom. The van der Waals surface area contributed by atoms with Gasteiger partial charge in [0.05, 0.1) is 0 Å². The van der Waals surface area contributed by atoms with E-state index >= 15 is 0 Å². The molecule has 0 saturated heterocycles. The first-order valence-electron chi connectivity index (χ1n) is 2.96. The Balaban J connectivity index is 2.99. The summed E-state index contributed by atoms with van der Waals surface area (Å²) in [5.74, 6) is 0.850. The molecule has 0 aromatic rings. The van der Waals surface area contributed by atoms with Crippen LogP contribution >= 0.6 is 12.5 Å². The first kappa shape index (κ1) is 7.41. The van der Waals surface area contributed by atoms with E-state index in [-0.39, 0.29) is 0 Å². The highest BCUT2D eigenvalue weighted by Gasteiger charge is 1.98. The molecule has 0 aromatic carbocycles. The Bertz CT molecular complexity index is 29.6. The molecule has 0 unspecified atom stereocenters. The van der Waals surface area contributed by atoms with Gasteiger partial charge in [0.2, 0.25) is 0 Å². The minimum absolute atomic E-state index is 0.850. The van der Waals surface area contributed by atoms with Crippen molar-refractivity contribution < 1.29 is 0 Å². The molecule has 0 rings (SSSR count). The van der Waals surface area contributed by atoms with Crippen molar-refractivity contribution in [2.75, 3.05) is 0 Å². The topological polar surface area (TPSA) is 0 Å². The van der Waals surface area contributed by atoms with Crippen molar-refractivity contribution in [1.29, 1.82) is 0 Å². The second kappa shape index (κ2) is 4.57. The van der Waals surface area contributed by atoms with Crippen LogP contribution in [-0.4, -0.2) is 6.56 Å². The first-order valence-corrected chi connectivity index (χ1v) is 3.59. The predicted molar refractivity (Wildman–Crippen MR) is 40.5 cm³/mol. The van der Waals surface area contributed by atoms with Gasteiger partial charge in [0.25, 0.3) is 0 Å². The molecule has 0 fully saturated rings. The molecule has 42 valence electrons. The van der Waals surface area contributed by atoms with Crippen LogP contribution in [0.1, 0.15) is 26.7 Å². The zero-order valence-electron chi connectivity index (χ0n) is 5.15. The Kier molecular flexibility index (Phi) is 4.84. The van der Waals surface area contributed by atoms with Crippen molar-refractivity contribution in [2.24, 2.45) is 0 Å². The minimum atomic E-state index is 0.850. The molecule has 0 atom stereocenters. The van der Waals surface area contributed by atoms with Crippen LogP contribution in [0.4, 0.5) is 0 Å². The fraction of sp³-hybridized carbons (Fsp3) is 1.00. The van der Waals surface area contributed by atoms with Gasteiger partial charge in [0.1, 0.15) is 0 Å². The van der Waals surface area contributed by atoms with Gasteiger partial charge >= 0.3 is 0 Å². The summed E-state index contributed by atoms with van der Waals surface area (Å²) in [6, 6.07) is 0. The first-order chi connectivity index (χ1) is 3.35. The van der Waals surface area contributed by atoms with Gasteiger partial charge in [-0.25, -0.2) is 12.5 Å².